The van der Waals surface area contributed by atoms with Gasteiger partial charge in [-0.25, -0.2) is 0 Å². The smallest absolute Gasteiger partial charge is 0.268 e. The number of hydrogen-bond donors (Lipinski definition) is 2. The van der Waals surface area contributed by atoms with Crippen molar-refractivity contribution in [2.75, 3.05) is 40.9 Å². The molecule has 0 aliphatic carbocycles. The van der Waals surface area contributed by atoms with E-state index in [4.69, 9.17) is 9.05 Å². The second-order valence-corrected chi connectivity index (χ2v) is 25.2. The maximum absolute atomic E-state index is 13.0. The molecule has 0 bridgehead atoms. The molecule has 3 unspecified atom stereocenters. The lowest BCUT2D eigenvalue weighted by molar-refractivity contribution is -0.870. The quantitative estimate of drug-likeness (QED) is 0.0272. The van der Waals surface area contributed by atoms with Crippen molar-refractivity contribution in [2.24, 2.45) is 0 Å². The zero-order valence-electron chi connectivity index (χ0n) is 49.9. The van der Waals surface area contributed by atoms with Crippen molar-refractivity contribution >= 4 is 13.7 Å². The molecule has 0 rings (SSSR count). The van der Waals surface area contributed by atoms with Gasteiger partial charge in [-0.3, -0.25) is 9.36 Å². The number of aliphatic hydroxyl groups excluding tert-OH is 1. The summed E-state index contributed by atoms with van der Waals surface area (Å²) < 4.78 is 23.5. The van der Waals surface area contributed by atoms with Gasteiger partial charge in [-0.15, -0.1) is 0 Å². The molecular weight excluding hydrogens is 924 g/mol. The van der Waals surface area contributed by atoms with Gasteiger partial charge in [-0.1, -0.05) is 309 Å². The van der Waals surface area contributed by atoms with E-state index in [0.29, 0.717) is 23.9 Å². The van der Waals surface area contributed by atoms with E-state index in [1.807, 2.05) is 21.1 Å². The number of unbranched alkanes of at least 4 members (excludes halogenated alkanes) is 46. The van der Waals surface area contributed by atoms with E-state index in [2.05, 4.69) is 31.3 Å². The number of carbonyl (C=O) groups excluding carboxylic acids is 1. The Bertz CT molecular complexity index is 1200. The monoisotopic (exact) mass is 1050 g/mol. The van der Waals surface area contributed by atoms with Gasteiger partial charge in [0.2, 0.25) is 5.91 Å². The zero-order valence-corrected chi connectivity index (χ0v) is 50.8. The van der Waals surface area contributed by atoms with E-state index >= 15 is 0 Å². The molecule has 0 spiro atoms. The van der Waals surface area contributed by atoms with Gasteiger partial charge in [0.1, 0.15) is 13.2 Å². The van der Waals surface area contributed by atoms with Gasteiger partial charge >= 0.3 is 0 Å². The first-order valence-corrected chi connectivity index (χ1v) is 34.0. The van der Waals surface area contributed by atoms with E-state index < -0.39 is 20.0 Å². The van der Waals surface area contributed by atoms with Crippen molar-refractivity contribution in [3.8, 4) is 0 Å². The normalized spacial score (nSPS) is 13.8. The number of carbonyl (C=O) groups is 1. The lowest BCUT2D eigenvalue weighted by Crippen LogP contribution is -2.46. The van der Waals surface area contributed by atoms with Gasteiger partial charge in [0.05, 0.1) is 39.9 Å². The SMILES string of the molecule is CCCCCCCCCCCCCC/C=C\CCCCCCCCCCCCCCCCCCC(=O)NC(COP(=O)([O-])OCC[N+](C)(C)C)C(O)CCCCCCCCCCCCCCCCCCCCC. The summed E-state index contributed by atoms with van der Waals surface area (Å²) in [5.41, 5.74) is 0. The molecule has 0 radical (unpaired) electrons. The zero-order chi connectivity index (χ0) is 53.5. The fourth-order valence-corrected chi connectivity index (χ4v) is 10.9. The van der Waals surface area contributed by atoms with Gasteiger partial charge in [-0.2, -0.15) is 0 Å². The molecule has 0 aromatic heterocycles. The summed E-state index contributed by atoms with van der Waals surface area (Å²) in [6, 6.07) is -0.798. The largest absolute Gasteiger partial charge is 0.756 e. The maximum Gasteiger partial charge on any atom is 0.268 e. The van der Waals surface area contributed by atoms with Gasteiger partial charge in [0.15, 0.2) is 0 Å². The topological polar surface area (TPSA) is 108 Å². The van der Waals surface area contributed by atoms with E-state index in [0.717, 1.165) is 38.5 Å². The van der Waals surface area contributed by atoms with Crippen molar-refractivity contribution in [1.82, 2.24) is 5.32 Å². The summed E-state index contributed by atoms with van der Waals surface area (Å²) in [7, 11) is 1.32. The Morgan fingerprint density at radius 1 is 0.466 bits per heavy atom. The molecule has 2 N–H and O–H groups in total. The van der Waals surface area contributed by atoms with E-state index in [9.17, 15) is 19.4 Å². The molecule has 0 aliphatic rings. The molecule has 0 saturated heterocycles. The van der Waals surface area contributed by atoms with Gasteiger partial charge < -0.3 is 28.8 Å². The summed E-state index contributed by atoms with van der Waals surface area (Å²) >= 11 is 0. The van der Waals surface area contributed by atoms with E-state index in [-0.39, 0.29) is 19.1 Å². The van der Waals surface area contributed by atoms with Crippen LogP contribution >= 0.6 is 7.82 Å². The van der Waals surface area contributed by atoms with Crippen LogP contribution in [-0.4, -0.2) is 68.5 Å². The first-order chi connectivity index (χ1) is 35.5. The van der Waals surface area contributed by atoms with Crippen molar-refractivity contribution in [2.45, 2.75) is 353 Å². The van der Waals surface area contributed by atoms with Crippen LogP contribution in [0.2, 0.25) is 0 Å². The van der Waals surface area contributed by atoms with Crippen LogP contribution in [0.1, 0.15) is 341 Å². The predicted octanol–water partition coefficient (Wildman–Crippen LogP) is 19.5. The van der Waals surface area contributed by atoms with Crippen LogP contribution < -0.4 is 10.2 Å². The highest BCUT2D eigenvalue weighted by Crippen LogP contribution is 2.38. The maximum atomic E-state index is 13.0. The number of phosphoric ester groups is 1. The highest BCUT2D eigenvalue weighted by Gasteiger charge is 2.24. The number of amides is 1. The number of nitrogens with zero attached hydrogens (tertiary/aromatic N) is 1. The third kappa shape index (κ3) is 58.8. The van der Waals surface area contributed by atoms with Crippen molar-refractivity contribution < 1.29 is 32.9 Å². The molecule has 1 amide bonds. The Labute approximate surface area is 456 Å². The molecule has 73 heavy (non-hydrogen) atoms. The molecular formula is C64H129N2O6P. The number of phosphoric acid groups is 1. The first-order valence-electron chi connectivity index (χ1n) is 32.5. The molecule has 0 aromatic carbocycles. The van der Waals surface area contributed by atoms with Crippen LogP contribution in [0.15, 0.2) is 12.2 Å². The summed E-state index contributed by atoms with van der Waals surface area (Å²) in [5, 5.41) is 14.1. The Kier molecular flexibility index (Phi) is 55.4. The molecule has 9 heteroatoms. The highest BCUT2D eigenvalue weighted by molar-refractivity contribution is 7.45. The lowest BCUT2D eigenvalue weighted by atomic mass is 10.0. The van der Waals surface area contributed by atoms with Crippen LogP contribution in [0.25, 0.3) is 0 Å². The van der Waals surface area contributed by atoms with E-state index in [1.165, 1.54) is 276 Å². The van der Waals surface area contributed by atoms with Crippen molar-refractivity contribution in [1.29, 1.82) is 0 Å². The minimum atomic E-state index is -4.57. The third-order valence-electron chi connectivity index (χ3n) is 15.3. The third-order valence-corrected chi connectivity index (χ3v) is 16.2. The number of likely N-dealkylation sites (N-methyl/N-ethyl adjacent to an activating group) is 1. The van der Waals surface area contributed by atoms with E-state index in [1.54, 1.807) is 0 Å². The minimum absolute atomic E-state index is 0.0155. The second kappa shape index (κ2) is 56.0. The Morgan fingerprint density at radius 3 is 1.07 bits per heavy atom. The van der Waals surface area contributed by atoms with Crippen LogP contribution in [0.3, 0.4) is 0 Å². The van der Waals surface area contributed by atoms with Crippen LogP contribution in [0.4, 0.5) is 0 Å². The van der Waals surface area contributed by atoms with Gasteiger partial charge in [0, 0.05) is 6.42 Å². The average Bonchev–Trinajstić information content (AvgIpc) is 3.35. The predicted molar refractivity (Wildman–Crippen MR) is 316 cm³/mol. The fraction of sp³-hybridized carbons (Fsp3) is 0.953. The summed E-state index contributed by atoms with van der Waals surface area (Å²) in [6.45, 7) is 4.78. The second-order valence-electron chi connectivity index (χ2n) is 23.8. The number of nitrogens with one attached hydrogen (secondary N) is 1. The Morgan fingerprint density at radius 2 is 0.753 bits per heavy atom. The molecule has 436 valence electrons. The van der Waals surface area contributed by atoms with Crippen LogP contribution in [-0.2, 0) is 18.4 Å². The van der Waals surface area contributed by atoms with Crippen LogP contribution in [0.5, 0.6) is 0 Å². The first kappa shape index (κ1) is 72.2. The number of allylic oxidation sites excluding steroid dienone is 2. The number of rotatable bonds is 61. The molecule has 0 heterocycles. The fourth-order valence-electron chi connectivity index (χ4n) is 10.2. The standard InChI is InChI=1S/C64H129N2O6P/c1-6-8-10-12-14-16-18-20-22-24-26-27-28-29-30-31-32-33-34-35-36-37-38-40-42-44-46-48-50-52-54-56-58-64(68)65-62(61-72-73(69,70)71-60-59-66(3,4)5)63(67)57-55-53-51-49-47-45-43-41-39-25-23-21-19-17-15-13-11-9-7-2/h29-30,62-63,67H,6-28,31-61H2,1-5H3,(H-,65,68,69,70)/b30-29-. The Balaban J connectivity index is 4.00. The average molecular weight is 1050 g/mol. The molecule has 0 saturated carbocycles. The molecule has 3 atom stereocenters. The summed E-state index contributed by atoms with van der Waals surface area (Å²) in [4.78, 5) is 25.6. The van der Waals surface area contributed by atoms with Crippen molar-refractivity contribution in [3.63, 3.8) is 0 Å². The summed E-state index contributed by atoms with van der Waals surface area (Å²) in [6.07, 6.45) is 69.9. The molecule has 0 aromatic rings. The highest BCUT2D eigenvalue weighted by atomic mass is 31.2. The van der Waals surface area contributed by atoms with Gasteiger partial charge in [-0.05, 0) is 38.5 Å². The number of quaternary nitrogens is 1. The molecule has 8 nitrogen and oxygen atoms in total. The lowest BCUT2D eigenvalue weighted by Gasteiger charge is -2.30. The summed E-state index contributed by atoms with van der Waals surface area (Å²) in [5.74, 6) is -0.157. The van der Waals surface area contributed by atoms with Crippen molar-refractivity contribution in [3.05, 3.63) is 12.2 Å². The molecule has 0 fully saturated rings. The number of aliphatic hydroxyl groups is 1. The number of hydrogen-bond acceptors (Lipinski definition) is 6. The minimum Gasteiger partial charge on any atom is -0.756 e. The Hall–Kier alpha value is -0.760. The molecule has 0 aliphatic heterocycles. The van der Waals surface area contributed by atoms with Gasteiger partial charge in [0.25, 0.3) is 7.82 Å². The van der Waals surface area contributed by atoms with Crippen LogP contribution in [0, 0.1) is 0 Å².